The molecule has 0 fully saturated rings. The number of phenols is 2. The molecule has 0 aromatic heterocycles. The SMILES string of the molecule is COc1ccc(C2CC(O)c3c(O)c4c(c(O)c32)C(=O)c2ccccc2C4=O)cc1. The molecule has 150 valence electrons. The molecule has 0 radical (unpaired) electrons. The van der Waals surface area contributed by atoms with E-state index in [1.54, 1.807) is 31.4 Å². The van der Waals surface area contributed by atoms with Crippen LogP contribution in [0.15, 0.2) is 48.5 Å². The number of benzene rings is 3. The van der Waals surface area contributed by atoms with Gasteiger partial charge in [-0.15, -0.1) is 0 Å². The van der Waals surface area contributed by atoms with Gasteiger partial charge in [-0.2, -0.15) is 0 Å². The van der Waals surface area contributed by atoms with Crippen LogP contribution in [0, 0.1) is 0 Å². The molecule has 30 heavy (non-hydrogen) atoms. The van der Waals surface area contributed by atoms with Crippen LogP contribution in [-0.4, -0.2) is 34.0 Å². The summed E-state index contributed by atoms with van der Waals surface area (Å²) in [6.45, 7) is 0. The molecule has 5 rings (SSSR count). The van der Waals surface area contributed by atoms with E-state index in [-0.39, 0.29) is 45.6 Å². The van der Waals surface area contributed by atoms with Crippen molar-refractivity contribution in [3.8, 4) is 17.2 Å². The molecular formula is C24H18O6. The number of hydrogen-bond donors (Lipinski definition) is 3. The largest absolute Gasteiger partial charge is 0.507 e. The highest BCUT2D eigenvalue weighted by Crippen LogP contribution is 2.55. The summed E-state index contributed by atoms with van der Waals surface area (Å²) in [5, 5.41) is 32.7. The predicted octanol–water partition coefficient (Wildman–Crippen LogP) is 3.45. The highest BCUT2D eigenvalue weighted by Gasteiger charge is 2.43. The molecule has 2 atom stereocenters. The van der Waals surface area contributed by atoms with Gasteiger partial charge in [0.15, 0.2) is 11.6 Å². The zero-order valence-corrected chi connectivity index (χ0v) is 16.0. The lowest BCUT2D eigenvalue weighted by Crippen LogP contribution is -2.22. The van der Waals surface area contributed by atoms with E-state index in [0.717, 1.165) is 5.56 Å². The summed E-state index contributed by atoms with van der Waals surface area (Å²) in [5.74, 6) is -1.65. The molecule has 2 aliphatic carbocycles. The van der Waals surface area contributed by atoms with Crippen LogP contribution in [0.3, 0.4) is 0 Å². The number of aliphatic hydroxyl groups excluding tert-OH is 1. The third-order valence-corrected chi connectivity index (χ3v) is 6.05. The minimum absolute atomic E-state index is 0.104. The van der Waals surface area contributed by atoms with E-state index in [1.807, 2.05) is 12.1 Å². The Labute approximate surface area is 172 Å². The van der Waals surface area contributed by atoms with Crippen molar-refractivity contribution < 1.29 is 29.6 Å². The number of carbonyl (C=O) groups is 2. The van der Waals surface area contributed by atoms with Crippen LogP contribution in [-0.2, 0) is 0 Å². The van der Waals surface area contributed by atoms with Gasteiger partial charge in [0.05, 0.1) is 24.3 Å². The minimum atomic E-state index is -1.08. The van der Waals surface area contributed by atoms with E-state index in [9.17, 15) is 24.9 Å². The lowest BCUT2D eigenvalue weighted by molar-refractivity contribution is 0.0973. The summed E-state index contributed by atoms with van der Waals surface area (Å²) >= 11 is 0. The van der Waals surface area contributed by atoms with Gasteiger partial charge in [-0.3, -0.25) is 9.59 Å². The smallest absolute Gasteiger partial charge is 0.198 e. The van der Waals surface area contributed by atoms with E-state index in [2.05, 4.69) is 0 Å². The second kappa shape index (κ2) is 6.43. The third kappa shape index (κ3) is 2.34. The zero-order valence-electron chi connectivity index (χ0n) is 16.0. The Morgan fingerprint density at radius 1 is 0.833 bits per heavy atom. The minimum Gasteiger partial charge on any atom is -0.507 e. The molecule has 0 heterocycles. The van der Waals surface area contributed by atoms with Crippen LogP contribution >= 0.6 is 0 Å². The maximum absolute atomic E-state index is 13.1. The Bertz CT molecular complexity index is 1230. The van der Waals surface area contributed by atoms with Gasteiger partial charge < -0.3 is 20.1 Å². The summed E-state index contributed by atoms with van der Waals surface area (Å²) in [7, 11) is 1.56. The molecule has 3 aromatic carbocycles. The lowest BCUT2D eigenvalue weighted by Gasteiger charge is -2.23. The van der Waals surface area contributed by atoms with E-state index < -0.39 is 29.3 Å². The van der Waals surface area contributed by atoms with Crippen molar-refractivity contribution in [2.24, 2.45) is 0 Å². The number of ketones is 2. The Morgan fingerprint density at radius 2 is 1.37 bits per heavy atom. The number of rotatable bonds is 2. The molecule has 0 amide bonds. The van der Waals surface area contributed by atoms with Crippen molar-refractivity contribution >= 4 is 11.6 Å². The predicted molar refractivity (Wildman–Crippen MR) is 107 cm³/mol. The monoisotopic (exact) mass is 402 g/mol. The Kier molecular flexibility index (Phi) is 3.95. The summed E-state index contributed by atoms with van der Waals surface area (Å²) in [4.78, 5) is 26.2. The molecule has 0 saturated heterocycles. The first-order valence-corrected chi connectivity index (χ1v) is 9.56. The molecule has 0 spiro atoms. The van der Waals surface area contributed by atoms with Crippen LogP contribution in [0.2, 0.25) is 0 Å². The molecule has 6 heteroatoms. The summed E-state index contributed by atoms with van der Waals surface area (Å²) < 4.78 is 5.18. The van der Waals surface area contributed by atoms with Crippen molar-refractivity contribution in [3.05, 3.63) is 87.5 Å². The quantitative estimate of drug-likeness (QED) is 0.444. The fourth-order valence-electron chi connectivity index (χ4n) is 4.64. The number of carbonyl (C=O) groups excluding carboxylic acids is 2. The van der Waals surface area contributed by atoms with Gasteiger partial charge >= 0.3 is 0 Å². The Hall–Kier alpha value is -3.64. The molecule has 6 nitrogen and oxygen atoms in total. The number of hydrogen-bond acceptors (Lipinski definition) is 6. The number of aliphatic hydroxyl groups is 1. The molecule has 0 aliphatic heterocycles. The molecule has 0 saturated carbocycles. The molecule has 2 unspecified atom stereocenters. The summed E-state index contributed by atoms with van der Waals surface area (Å²) in [5.41, 5.74) is 1.08. The average molecular weight is 402 g/mol. The molecule has 2 aliphatic rings. The number of fused-ring (bicyclic) bond motifs is 3. The van der Waals surface area contributed by atoms with Gasteiger partial charge in [0.1, 0.15) is 17.2 Å². The number of methoxy groups -OCH3 is 1. The van der Waals surface area contributed by atoms with Gasteiger partial charge in [0, 0.05) is 28.2 Å². The first-order valence-electron chi connectivity index (χ1n) is 9.56. The fraction of sp³-hybridized carbons (Fsp3) is 0.167. The molecule has 3 aromatic rings. The topological polar surface area (TPSA) is 104 Å². The van der Waals surface area contributed by atoms with E-state index >= 15 is 0 Å². The number of ether oxygens (including phenoxy) is 1. The summed E-state index contributed by atoms with van der Waals surface area (Å²) in [6, 6.07) is 13.5. The van der Waals surface area contributed by atoms with Crippen molar-refractivity contribution in [2.45, 2.75) is 18.4 Å². The van der Waals surface area contributed by atoms with Crippen LogP contribution in [0.25, 0.3) is 0 Å². The maximum Gasteiger partial charge on any atom is 0.198 e. The van der Waals surface area contributed by atoms with Crippen LogP contribution in [0.1, 0.15) is 67.0 Å². The number of aromatic hydroxyl groups is 2. The Morgan fingerprint density at radius 3 is 1.90 bits per heavy atom. The van der Waals surface area contributed by atoms with Crippen molar-refractivity contribution in [3.63, 3.8) is 0 Å². The van der Waals surface area contributed by atoms with Gasteiger partial charge in [0.2, 0.25) is 0 Å². The third-order valence-electron chi connectivity index (χ3n) is 6.05. The Balaban J connectivity index is 1.76. The average Bonchev–Trinajstić information content (AvgIpc) is 3.12. The molecular weight excluding hydrogens is 384 g/mol. The molecule has 3 N–H and O–H groups in total. The fourth-order valence-corrected chi connectivity index (χ4v) is 4.64. The van der Waals surface area contributed by atoms with Gasteiger partial charge in [-0.25, -0.2) is 0 Å². The first-order chi connectivity index (χ1) is 14.4. The highest BCUT2D eigenvalue weighted by atomic mass is 16.5. The zero-order chi connectivity index (χ0) is 21.2. The van der Waals surface area contributed by atoms with Crippen molar-refractivity contribution in [2.75, 3.05) is 7.11 Å². The van der Waals surface area contributed by atoms with E-state index in [1.165, 1.54) is 12.1 Å². The lowest BCUT2D eigenvalue weighted by atomic mass is 9.79. The van der Waals surface area contributed by atoms with Gasteiger partial charge in [0.25, 0.3) is 0 Å². The van der Waals surface area contributed by atoms with Crippen LogP contribution in [0.4, 0.5) is 0 Å². The van der Waals surface area contributed by atoms with Crippen LogP contribution in [0.5, 0.6) is 17.2 Å². The van der Waals surface area contributed by atoms with Gasteiger partial charge in [-0.05, 0) is 24.1 Å². The normalized spacial score (nSPS) is 19.3. The van der Waals surface area contributed by atoms with Crippen LogP contribution < -0.4 is 4.74 Å². The second-order valence-corrected chi connectivity index (χ2v) is 7.56. The summed E-state index contributed by atoms with van der Waals surface area (Å²) in [6.07, 6.45) is -0.871. The maximum atomic E-state index is 13.1. The highest BCUT2D eigenvalue weighted by molar-refractivity contribution is 6.30. The number of phenolic OH excluding ortho intramolecular Hbond substituents is 2. The standard InChI is InChI=1S/C24H18O6/c1-30-12-8-6-11(7-9-12)15-10-16(25)18-17(15)23(28)19-20(24(18)29)22(27)14-5-3-2-4-13(14)21(19)26/h2-9,15-16,25,28-29H,10H2,1H3. The van der Waals surface area contributed by atoms with Crippen molar-refractivity contribution in [1.29, 1.82) is 0 Å². The van der Waals surface area contributed by atoms with E-state index in [4.69, 9.17) is 4.74 Å². The molecule has 0 bridgehead atoms. The van der Waals surface area contributed by atoms with Gasteiger partial charge in [-0.1, -0.05) is 36.4 Å². The van der Waals surface area contributed by atoms with Crippen molar-refractivity contribution in [1.82, 2.24) is 0 Å². The first kappa shape index (κ1) is 18.4. The second-order valence-electron chi connectivity index (χ2n) is 7.56. The van der Waals surface area contributed by atoms with E-state index in [0.29, 0.717) is 5.75 Å².